The molecule has 0 spiro atoms. The van der Waals surface area contributed by atoms with Gasteiger partial charge in [-0.1, -0.05) is 36.4 Å². The molecular weight excluding hydrogens is 510 g/mol. The lowest BCUT2D eigenvalue weighted by molar-refractivity contribution is -0.233. The Morgan fingerprint density at radius 3 is 2.50 bits per heavy atom. The van der Waals surface area contributed by atoms with E-state index < -0.39 is 23.4 Å². The van der Waals surface area contributed by atoms with Gasteiger partial charge in [0.05, 0.1) is 17.1 Å². The van der Waals surface area contributed by atoms with Crippen molar-refractivity contribution in [3.63, 3.8) is 0 Å². The highest BCUT2D eigenvalue weighted by Crippen LogP contribution is 2.38. The summed E-state index contributed by atoms with van der Waals surface area (Å²) in [5.74, 6) is -0.443. The van der Waals surface area contributed by atoms with E-state index in [4.69, 9.17) is 18.6 Å². The number of amides is 1. The Morgan fingerprint density at radius 2 is 1.80 bits per heavy atom. The number of methoxy groups -OCH3 is 1. The SMILES string of the molecule is CO[C@@H]1CC[C@H](Oc2ccc3c(O)c(NC(=O)c4ccc(C)c(-c5ccccc5)c4)c(=O)oc3c2C)OC1(C)C. The van der Waals surface area contributed by atoms with Crippen molar-refractivity contribution >= 4 is 22.6 Å². The number of rotatable bonds is 6. The predicted octanol–water partition coefficient (Wildman–Crippen LogP) is 6.34. The molecule has 40 heavy (non-hydrogen) atoms. The third-order valence-corrected chi connectivity index (χ3v) is 7.49. The van der Waals surface area contributed by atoms with Gasteiger partial charge in [-0.05, 0) is 75.1 Å². The van der Waals surface area contributed by atoms with Crippen molar-refractivity contribution < 1.29 is 28.5 Å². The molecule has 2 heterocycles. The maximum absolute atomic E-state index is 13.1. The van der Waals surface area contributed by atoms with Gasteiger partial charge in [0.25, 0.3) is 5.91 Å². The van der Waals surface area contributed by atoms with E-state index in [1.165, 1.54) is 0 Å². The Hall–Kier alpha value is -4.14. The first-order valence-electron chi connectivity index (χ1n) is 13.2. The molecule has 1 aliphatic heterocycles. The third kappa shape index (κ3) is 5.20. The molecule has 4 aromatic rings. The summed E-state index contributed by atoms with van der Waals surface area (Å²) < 4.78 is 23.3. The fourth-order valence-corrected chi connectivity index (χ4v) is 5.22. The highest BCUT2D eigenvalue weighted by molar-refractivity contribution is 6.07. The lowest BCUT2D eigenvalue weighted by Crippen LogP contribution is -2.49. The van der Waals surface area contributed by atoms with Gasteiger partial charge in [0.15, 0.2) is 11.4 Å². The van der Waals surface area contributed by atoms with E-state index >= 15 is 0 Å². The number of hydrogen-bond donors (Lipinski definition) is 2. The maximum atomic E-state index is 13.1. The largest absolute Gasteiger partial charge is 0.505 e. The van der Waals surface area contributed by atoms with E-state index in [0.29, 0.717) is 23.3 Å². The van der Waals surface area contributed by atoms with Crippen LogP contribution in [-0.4, -0.2) is 36.1 Å². The van der Waals surface area contributed by atoms with Gasteiger partial charge < -0.3 is 29.1 Å². The lowest BCUT2D eigenvalue weighted by atomic mass is 9.94. The zero-order valence-corrected chi connectivity index (χ0v) is 23.2. The summed E-state index contributed by atoms with van der Waals surface area (Å²) in [6.45, 7) is 7.61. The van der Waals surface area contributed by atoms with Gasteiger partial charge >= 0.3 is 5.63 Å². The Kier molecular flexibility index (Phi) is 7.40. The molecule has 8 heteroatoms. The van der Waals surface area contributed by atoms with Gasteiger partial charge in [-0.15, -0.1) is 0 Å². The smallest absolute Gasteiger partial charge is 0.364 e. The molecule has 1 fully saturated rings. The lowest BCUT2D eigenvalue weighted by Gasteiger charge is -2.41. The number of aryl methyl sites for hydroxylation is 2. The summed E-state index contributed by atoms with van der Waals surface area (Å²) in [5, 5.41) is 13.8. The summed E-state index contributed by atoms with van der Waals surface area (Å²) in [7, 11) is 1.67. The fraction of sp³-hybridized carbons (Fsp3) is 0.312. The van der Waals surface area contributed by atoms with Crippen LogP contribution in [0, 0.1) is 13.8 Å². The minimum atomic E-state index is -0.869. The standard InChI is InChI=1S/C32H33NO7/c1-18-11-12-21(17-23(18)20-9-7-6-8-10-20)30(35)33-27-28(34)22-13-14-24(19(2)29(22)39-31(27)36)38-26-16-15-25(37-5)32(3,4)40-26/h6-14,17,25-26,34H,15-16H2,1-5H3,(H,33,35)/t25-,26-/m1/s1. The van der Waals surface area contributed by atoms with Gasteiger partial charge in [0, 0.05) is 24.7 Å². The summed E-state index contributed by atoms with van der Waals surface area (Å²) in [6, 6.07) is 18.3. The molecular formula is C32H33NO7. The quantitative estimate of drug-likeness (QED) is 0.273. The van der Waals surface area contributed by atoms with Crippen molar-refractivity contribution in [2.45, 2.75) is 58.5 Å². The number of ether oxygens (including phenoxy) is 3. The molecule has 1 aromatic heterocycles. The molecule has 1 amide bonds. The third-order valence-electron chi connectivity index (χ3n) is 7.49. The highest BCUT2D eigenvalue weighted by atomic mass is 16.7. The first-order valence-corrected chi connectivity index (χ1v) is 13.2. The summed E-state index contributed by atoms with van der Waals surface area (Å²) in [6.07, 6.45) is 0.850. The average molecular weight is 544 g/mol. The molecule has 0 unspecified atom stereocenters. The van der Waals surface area contributed by atoms with E-state index in [1.807, 2.05) is 57.2 Å². The van der Waals surface area contributed by atoms with Crippen molar-refractivity contribution in [2.75, 3.05) is 12.4 Å². The number of nitrogens with one attached hydrogen (secondary N) is 1. The Bertz CT molecular complexity index is 1620. The van der Waals surface area contributed by atoms with Crippen LogP contribution in [0.3, 0.4) is 0 Å². The number of hydrogen-bond acceptors (Lipinski definition) is 7. The summed E-state index contributed by atoms with van der Waals surface area (Å²) in [5.41, 5.74) is 2.20. The normalized spacial score (nSPS) is 18.4. The van der Waals surface area contributed by atoms with Gasteiger partial charge in [0.1, 0.15) is 11.3 Å². The number of aromatic hydroxyl groups is 1. The van der Waals surface area contributed by atoms with E-state index in [-0.39, 0.29) is 28.5 Å². The molecule has 5 rings (SSSR count). The van der Waals surface area contributed by atoms with E-state index in [2.05, 4.69) is 5.32 Å². The molecule has 0 bridgehead atoms. The van der Waals surface area contributed by atoms with E-state index in [0.717, 1.165) is 23.1 Å². The second-order valence-electron chi connectivity index (χ2n) is 10.6. The molecule has 208 valence electrons. The van der Waals surface area contributed by atoms with Crippen LogP contribution in [0.1, 0.15) is 48.2 Å². The zero-order valence-electron chi connectivity index (χ0n) is 23.2. The number of carbonyl (C=O) groups is 1. The van der Waals surface area contributed by atoms with Crippen molar-refractivity contribution in [1.29, 1.82) is 0 Å². The topological polar surface area (TPSA) is 107 Å². The highest BCUT2D eigenvalue weighted by Gasteiger charge is 2.39. The Labute approximate surface area is 232 Å². The van der Waals surface area contributed by atoms with E-state index in [9.17, 15) is 14.7 Å². The second-order valence-corrected chi connectivity index (χ2v) is 10.6. The number of fused-ring (bicyclic) bond motifs is 1. The number of benzene rings is 3. The molecule has 0 radical (unpaired) electrons. The molecule has 1 aliphatic rings. The summed E-state index contributed by atoms with van der Waals surface area (Å²) in [4.78, 5) is 26.1. The molecule has 0 saturated carbocycles. The molecule has 2 N–H and O–H groups in total. The van der Waals surface area contributed by atoms with Gasteiger partial charge in [0.2, 0.25) is 6.29 Å². The number of anilines is 1. The van der Waals surface area contributed by atoms with Gasteiger partial charge in [-0.3, -0.25) is 4.79 Å². The monoisotopic (exact) mass is 543 g/mol. The number of carbonyl (C=O) groups excluding carboxylic acids is 1. The first-order chi connectivity index (χ1) is 19.1. The molecule has 2 atom stereocenters. The van der Waals surface area contributed by atoms with Crippen LogP contribution >= 0.6 is 0 Å². The van der Waals surface area contributed by atoms with Crippen molar-refractivity contribution in [3.05, 3.63) is 87.8 Å². The van der Waals surface area contributed by atoms with Crippen LogP contribution in [-0.2, 0) is 9.47 Å². The van der Waals surface area contributed by atoms with Crippen molar-refractivity contribution in [2.24, 2.45) is 0 Å². The van der Waals surface area contributed by atoms with Crippen LogP contribution in [0.5, 0.6) is 11.5 Å². The zero-order chi connectivity index (χ0) is 28.6. The second kappa shape index (κ2) is 10.8. The molecule has 0 aliphatic carbocycles. The summed E-state index contributed by atoms with van der Waals surface area (Å²) >= 11 is 0. The van der Waals surface area contributed by atoms with Gasteiger partial charge in [-0.25, -0.2) is 4.79 Å². The first kappa shape index (κ1) is 27.4. The minimum Gasteiger partial charge on any atom is -0.505 e. The van der Waals surface area contributed by atoms with Crippen LogP contribution in [0.15, 0.2) is 69.9 Å². The van der Waals surface area contributed by atoms with Crippen molar-refractivity contribution in [1.82, 2.24) is 0 Å². The Balaban J connectivity index is 1.41. The maximum Gasteiger partial charge on any atom is 0.364 e. The van der Waals surface area contributed by atoms with E-state index in [1.54, 1.807) is 38.3 Å². The predicted molar refractivity (Wildman–Crippen MR) is 153 cm³/mol. The average Bonchev–Trinajstić information content (AvgIpc) is 2.93. The van der Waals surface area contributed by atoms with Crippen LogP contribution < -0.4 is 15.7 Å². The van der Waals surface area contributed by atoms with Crippen molar-refractivity contribution in [3.8, 4) is 22.6 Å². The molecule has 8 nitrogen and oxygen atoms in total. The van der Waals surface area contributed by atoms with Crippen LogP contribution in [0.4, 0.5) is 5.69 Å². The van der Waals surface area contributed by atoms with Crippen LogP contribution in [0.2, 0.25) is 0 Å². The fourth-order valence-electron chi connectivity index (χ4n) is 5.22. The Morgan fingerprint density at radius 1 is 1.05 bits per heavy atom. The molecule has 1 saturated heterocycles. The van der Waals surface area contributed by atoms with Gasteiger partial charge in [-0.2, -0.15) is 0 Å². The minimum absolute atomic E-state index is 0.0431. The molecule has 3 aromatic carbocycles. The van der Waals surface area contributed by atoms with Crippen LogP contribution in [0.25, 0.3) is 22.1 Å².